The second-order valence-corrected chi connectivity index (χ2v) is 5.06. The second kappa shape index (κ2) is 5.02. The van der Waals surface area contributed by atoms with Gasteiger partial charge < -0.3 is 4.42 Å². The summed E-state index contributed by atoms with van der Waals surface area (Å²) in [6.45, 7) is 3.35. The van der Waals surface area contributed by atoms with Crippen LogP contribution in [0.1, 0.15) is 22.8 Å². The third-order valence-corrected chi connectivity index (χ3v) is 3.48. The van der Waals surface area contributed by atoms with Gasteiger partial charge in [-0.15, -0.1) is 0 Å². The van der Waals surface area contributed by atoms with Gasteiger partial charge in [0.05, 0.1) is 0 Å². The first-order chi connectivity index (χ1) is 10.1. The molecule has 0 saturated heterocycles. The van der Waals surface area contributed by atoms with Gasteiger partial charge in [-0.2, -0.15) is 0 Å². The van der Waals surface area contributed by atoms with Crippen LogP contribution in [-0.2, 0) is 0 Å². The van der Waals surface area contributed by atoms with Gasteiger partial charge >= 0.3 is 5.63 Å². The minimum atomic E-state index is -0.585. The quantitative estimate of drug-likeness (QED) is 0.526. The lowest BCUT2D eigenvalue weighted by Crippen LogP contribution is -2.14. The molecule has 3 aromatic rings. The third-order valence-electron chi connectivity index (χ3n) is 3.48. The number of benzene rings is 2. The summed E-state index contributed by atoms with van der Waals surface area (Å²) < 4.78 is 5.29. The van der Waals surface area contributed by atoms with Gasteiger partial charge in [0, 0.05) is 10.9 Å². The zero-order chi connectivity index (χ0) is 15.0. The van der Waals surface area contributed by atoms with E-state index in [1.54, 1.807) is 6.07 Å². The highest BCUT2D eigenvalue weighted by Crippen LogP contribution is 2.31. The number of carbonyl (C=O) groups excluding carboxylic acids is 1. The summed E-state index contributed by atoms with van der Waals surface area (Å²) in [5, 5.41) is 0.783. The Morgan fingerprint density at radius 2 is 1.76 bits per heavy atom. The number of carbonyl (C=O) groups is 1. The van der Waals surface area contributed by atoms with E-state index in [1.165, 1.54) is 6.92 Å². The molecular formula is C18H14O3. The molecule has 0 atom stereocenters. The van der Waals surface area contributed by atoms with Crippen molar-refractivity contribution in [2.75, 3.05) is 0 Å². The summed E-state index contributed by atoms with van der Waals surface area (Å²) in [4.78, 5) is 24.1. The number of Topliss-reactive ketones (excluding diaryl/α,β-unsaturated/α-hetero) is 1. The van der Waals surface area contributed by atoms with Crippen LogP contribution < -0.4 is 5.63 Å². The fourth-order valence-corrected chi connectivity index (χ4v) is 2.54. The third kappa shape index (κ3) is 2.27. The zero-order valence-corrected chi connectivity index (χ0v) is 11.8. The molecule has 3 nitrogen and oxygen atoms in total. The molecule has 0 radical (unpaired) electrons. The van der Waals surface area contributed by atoms with Gasteiger partial charge in [0.2, 0.25) is 0 Å². The van der Waals surface area contributed by atoms with Crippen molar-refractivity contribution >= 4 is 16.8 Å². The van der Waals surface area contributed by atoms with E-state index in [1.807, 2.05) is 49.4 Å². The van der Waals surface area contributed by atoms with Crippen LogP contribution in [0.25, 0.3) is 22.1 Å². The minimum Gasteiger partial charge on any atom is -0.422 e. The average Bonchev–Trinajstić information content (AvgIpc) is 2.47. The molecule has 0 aliphatic heterocycles. The molecule has 0 aliphatic rings. The first kappa shape index (κ1) is 13.3. The Bertz CT molecular complexity index is 889. The summed E-state index contributed by atoms with van der Waals surface area (Å²) in [6.07, 6.45) is 0. The molecule has 0 saturated carbocycles. The summed E-state index contributed by atoms with van der Waals surface area (Å²) in [7, 11) is 0. The van der Waals surface area contributed by atoms with Gasteiger partial charge in [-0.3, -0.25) is 4.79 Å². The molecule has 1 aromatic heterocycles. The lowest BCUT2D eigenvalue weighted by molar-refractivity contribution is 0.101. The number of hydrogen-bond donors (Lipinski definition) is 0. The first-order valence-corrected chi connectivity index (χ1v) is 6.72. The predicted molar refractivity (Wildman–Crippen MR) is 82.7 cm³/mol. The fraction of sp³-hybridized carbons (Fsp3) is 0.111. The fourth-order valence-electron chi connectivity index (χ4n) is 2.54. The molecule has 0 bridgehead atoms. The van der Waals surface area contributed by atoms with Crippen molar-refractivity contribution in [3.8, 4) is 11.1 Å². The Morgan fingerprint density at radius 1 is 1.05 bits per heavy atom. The van der Waals surface area contributed by atoms with E-state index in [0.29, 0.717) is 11.1 Å². The molecule has 0 N–H and O–H groups in total. The van der Waals surface area contributed by atoms with E-state index in [4.69, 9.17) is 4.42 Å². The highest BCUT2D eigenvalue weighted by atomic mass is 16.4. The maximum absolute atomic E-state index is 12.2. The molecule has 0 fully saturated rings. The van der Waals surface area contributed by atoms with Crippen LogP contribution in [0.5, 0.6) is 0 Å². The summed E-state index contributed by atoms with van der Waals surface area (Å²) in [6, 6.07) is 15.0. The van der Waals surface area contributed by atoms with Crippen molar-refractivity contribution in [3.05, 3.63) is 70.1 Å². The smallest absolute Gasteiger partial charge is 0.347 e. The van der Waals surface area contributed by atoms with Crippen LogP contribution >= 0.6 is 0 Å². The Labute approximate surface area is 121 Å². The minimum absolute atomic E-state index is 0.110. The number of hydrogen-bond acceptors (Lipinski definition) is 3. The summed E-state index contributed by atoms with van der Waals surface area (Å²) in [5.41, 5.74) is 2.55. The van der Waals surface area contributed by atoms with Crippen LogP contribution in [0.15, 0.2) is 57.7 Å². The van der Waals surface area contributed by atoms with E-state index in [9.17, 15) is 9.59 Å². The highest BCUT2D eigenvalue weighted by Gasteiger charge is 2.19. The Kier molecular flexibility index (Phi) is 3.18. The molecular weight excluding hydrogens is 264 g/mol. The summed E-state index contributed by atoms with van der Waals surface area (Å²) in [5.74, 6) is -0.286. The number of rotatable bonds is 2. The van der Waals surface area contributed by atoms with E-state index in [-0.39, 0.29) is 11.3 Å². The van der Waals surface area contributed by atoms with Crippen LogP contribution in [0.3, 0.4) is 0 Å². The maximum Gasteiger partial charge on any atom is 0.347 e. The lowest BCUT2D eigenvalue weighted by Gasteiger charge is -2.10. The van der Waals surface area contributed by atoms with Gasteiger partial charge in [0.25, 0.3) is 0 Å². The van der Waals surface area contributed by atoms with Crippen molar-refractivity contribution < 1.29 is 9.21 Å². The SMILES string of the molecule is CC(=O)c1c(-c2ccccc2)c2cc(C)ccc2oc1=O. The number of aryl methyl sites for hydroxylation is 1. The molecule has 0 spiro atoms. The normalized spacial score (nSPS) is 10.8. The van der Waals surface area contributed by atoms with Crippen molar-refractivity contribution in [2.45, 2.75) is 13.8 Å². The molecule has 0 amide bonds. The van der Waals surface area contributed by atoms with Crippen LogP contribution in [0.4, 0.5) is 0 Å². The van der Waals surface area contributed by atoms with Crippen molar-refractivity contribution in [1.29, 1.82) is 0 Å². The topological polar surface area (TPSA) is 47.3 Å². The molecule has 2 aromatic carbocycles. The molecule has 3 rings (SSSR count). The molecule has 104 valence electrons. The van der Waals surface area contributed by atoms with Gasteiger partial charge in [0.15, 0.2) is 5.78 Å². The summed E-state index contributed by atoms with van der Waals surface area (Å²) >= 11 is 0. The van der Waals surface area contributed by atoms with Gasteiger partial charge in [0.1, 0.15) is 11.1 Å². The van der Waals surface area contributed by atoms with Crippen LogP contribution in [-0.4, -0.2) is 5.78 Å². The molecule has 1 heterocycles. The molecule has 0 unspecified atom stereocenters. The zero-order valence-electron chi connectivity index (χ0n) is 11.8. The van der Waals surface area contributed by atoms with Crippen LogP contribution in [0.2, 0.25) is 0 Å². The van der Waals surface area contributed by atoms with E-state index >= 15 is 0 Å². The van der Waals surface area contributed by atoms with Crippen molar-refractivity contribution in [3.63, 3.8) is 0 Å². The monoisotopic (exact) mass is 278 g/mol. The molecule has 21 heavy (non-hydrogen) atoms. The van der Waals surface area contributed by atoms with E-state index < -0.39 is 5.63 Å². The largest absolute Gasteiger partial charge is 0.422 e. The van der Waals surface area contributed by atoms with Crippen LogP contribution in [0, 0.1) is 6.92 Å². The number of ketones is 1. The van der Waals surface area contributed by atoms with E-state index in [0.717, 1.165) is 16.5 Å². The lowest BCUT2D eigenvalue weighted by atomic mass is 9.94. The first-order valence-electron chi connectivity index (χ1n) is 6.72. The van der Waals surface area contributed by atoms with Gasteiger partial charge in [-0.05, 0) is 31.5 Å². The molecule has 0 aliphatic carbocycles. The standard InChI is InChI=1S/C18H14O3/c1-11-8-9-15-14(10-11)17(13-6-4-3-5-7-13)16(12(2)19)18(20)21-15/h3-10H,1-2H3. The predicted octanol–water partition coefficient (Wildman–Crippen LogP) is 3.97. The van der Waals surface area contributed by atoms with E-state index in [2.05, 4.69) is 0 Å². The second-order valence-electron chi connectivity index (χ2n) is 5.06. The number of fused-ring (bicyclic) bond motifs is 1. The Hall–Kier alpha value is -2.68. The Morgan fingerprint density at radius 3 is 2.43 bits per heavy atom. The highest BCUT2D eigenvalue weighted by molar-refractivity contribution is 6.08. The van der Waals surface area contributed by atoms with Gasteiger partial charge in [-0.25, -0.2) is 4.79 Å². The average molecular weight is 278 g/mol. The Balaban J connectivity index is 2.53. The van der Waals surface area contributed by atoms with Crippen molar-refractivity contribution in [2.24, 2.45) is 0 Å². The van der Waals surface area contributed by atoms with Crippen molar-refractivity contribution in [1.82, 2.24) is 0 Å². The maximum atomic E-state index is 12.2. The van der Waals surface area contributed by atoms with Gasteiger partial charge in [-0.1, -0.05) is 42.0 Å². The molecule has 3 heteroatoms.